The Kier molecular flexibility index (Phi) is 5.48. The predicted molar refractivity (Wildman–Crippen MR) is 96.6 cm³/mol. The van der Waals surface area contributed by atoms with E-state index in [2.05, 4.69) is 30.9 Å². The van der Waals surface area contributed by atoms with E-state index in [4.69, 9.17) is 19.9 Å². The average molecular weight is 476 g/mol. The van der Waals surface area contributed by atoms with Crippen molar-refractivity contribution in [2.24, 2.45) is 0 Å². The van der Waals surface area contributed by atoms with E-state index in [0.29, 0.717) is 0 Å². The largest absolute Gasteiger partial charge is 0.433 e. The van der Waals surface area contributed by atoms with Gasteiger partial charge < -0.3 is 35.3 Å². The number of ether oxygens (including phenoxy) is 3. The maximum Gasteiger partial charge on any atom is 0.307 e. The molecule has 13 nitrogen and oxygen atoms in total. The van der Waals surface area contributed by atoms with E-state index in [9.17, 15) is 24.9 Å². The Hall–Kier alpha value is -2.39. The van der Waals surface area contributed by atoms with E-state index in [-0.39, 0.29) is 23.4 Å². The summed E-state index contributed by atoms with van der Waals surface area (Å²) in [5.41, 5.74) is 5.98. The molecule has 0 spiro atoms. The summed E-state index contributed by atoms with van der Waals surface area (Å²) in [6.45, 7) is 2.48. The summed E-state index contributed by atoms with van der Waals surface area (Å²) < 4.78 is 13.8. The lowest BCUT2D eigenvalue weighted by atomic mass is 10.1. The molecule has 2 aromatic heterocycles. The van der Waals surface area contributed by atoms with Gasteiger partial charge in [-0.2, -0.15) is 0 Å². The van der Waals surface area contributed by atoms with Crippen LogP contribution in [0.25, 0.3) is 11.2 Å². The molecule has 1 saturated heterocycles. The van der Waals surface area contributed by atoms with Crippen molar-refractivity contribution in [1.29, 1.82) is 0 Å². The molecule has 1 aliphatic heterocycles. The number of aromatic nitrogens is 4. The lowest BCUT2D eigenvalue weighted by Gasteiger charge is -2.35. The zero-order valence-corrected chi connectivity index (χ0v) is 16.8. The number of carbonyl (C=O) groups is 2. The fraction of sp³-hybridized carbons (Fsp3) is 0.533. The van der Waals surface area contributed by atoms with Gasteiger partial charge in [-0.05, 0) is 15.9 Å². The SMILES string of the molecule is CCC(=O)OC(O)[C@H]1O[C@@H](n2cnc3c(N)ncnc32)[C@@](O)(OC(C)=O)[C@@]1(O)Br. The zero-order valence-electron chi connectivity index (χ0n) is 15.2. The molecule has 5 atom stereocenters. The Morgan fingerprint density at radius 2 is 2.10 bits per heavy atom. The van der Waals surface area contributed by atoms with Gasteiger partial charge in [-0.3, -0.25) is 14.2 Å². The molecule has 1 unspecified atom stereocenters. The van der Waals surface area contributed by atoms with Crippen LogP contribution in [0, 0.1) is 0 Å². The third kappa shape index (κ3) is 3.42. The van der Waals surface area contributed by atoms with E-state index >= 15 is 0 Å². The molecule has 0 amide bonds. The molecule has 0 radical (unpaired) electrons. The summed E-state index contributed by atoms with van der Waals surface area (Å²) in [5, 5.41) is 32.3. The molecule has 5 N–H and O–H groups in total. The summed E-state index contributed by atoms with van der Waals surface area (Å²) in [6.07, 6.45) is -3.24. The molecule has 14 heteroatoms. The number of halogens is 1. The Bertz CT molecular complexity index is 952. The maximum atomic E-state index is 11.6. The van der Waals surface area contributed by atoms with Crippen molar-refractivity contribution in [2.45, 2.75) is 49.2 Å². The number of aliphatic hydroxyl groups excluding tert-OH is 1. The standard InChI is InChI=1S/C15H18BrN5O8/c1-3-7(23)27-12(24)9-14(16,25)15(26,29-6(2)22)13(28-9)21-5-20-8-10(17)18-4-19-11(8)21/h4-5,9,12-13,24-26H,3H2,1-2H3,(H2,17,18,19)/t9-,12?,13-,14-,15-/m1/s1. The zero-order chi connectivity index (χ0) is 21.6. The lowest BCUT2D eigenvalue weighted by molar-refractivity contribution is -0.270. The number of hydrogen-bond donors (Lipinski definition) is 4. The first kappa shape index (κ1) is 21.3. The molecule has 0 aromatic carbocycles. The van der Waals surface area contributed by atoms with Gasteiger partial charge in [0.2, 0.25) is 17.0 Å². The third-order valence-electron chi connectivity index (χ3n) is 4.23. The molecular formula is C15H18BrN5O8. The highest BCUT2D eigenvalue weighted by molar-refractivity contribution is 9.10. The molecule has 0 bridgehead atoms. The molecule has 0 saturated carbocycles. The molecule has 2 aromatic rings. The van der Waals surface area contributed by atoms with E-state index in [1.54, 1.807) is 0 Å². The Labute approximate surface area is 171 Å². The number of esters is 2. The molecule has 158 valence electrons. The molecule has 1 aliphatic rings. The summed E-state index contributed by atoms with van der Waals surface area (Å²) in [6, 6.07) is 0. The second-order valence-electron chi connectivity index (χ2n) is 6.19. The van der Waals surface area contributed by atoms with Crippen molar-refractivity contribution < 1.29 is 39.1 Å². The maximum absolute atomic E-state index is 11.6. The van der Waals surface area contributed by atoms with Crippen LogP contribution in [0.5, 0.6) is 0 Å². The van der Waals surface area contributed by atoms with Gasteiger partial charge in [-0.1, -0.05) is 6.92 Å². The van der Waals surface area contributed by atoms with E-state index in [1.807, 2.05) is 0 Å². The van der Waals surface area contributed by atoms with Gasteiger partial charge in [0.05, 0.1) is 6.33 Å². The van der Waals surface area contributed by atoms with Crippen LogP contribution in [0.3, 0.4) is 0 Å². The third-order valence-corrected chi connectivity index (χ3v) is 5.25. The van der Waals surface area contributed by atoms with Gasteiger partial charge in [-0.15, -0.1) is 0 Å². The van der Waals surface area contributed by atoms with Gasteiger partial charge in [-0.25, -0.2) is 15.0 Å². The lowest BCUT2D eigenvalue weighted by Crippen LogP contribution is -2.58. The molecule has 29 heavy (non-hydrogen) atoms. The average Bonchev–Trinajstić information content (AvgIpc) is 3.13. The number of aliphatic hydroxyl groups is 3. The summed E-state index contributed by atoms with van der Waals surface area (Å²) in [5.74, 6) is -4.53. The van der Waals surface area contributed by atoms with Crippen LogP contribution in [0.1, 0.15) is 26.5 Å². The smallest absolute Gasteiger partial charge is 0.307 e. The Morgan fingerprint density at radius 3 is 2.72 bits per heavy atom. The van der Waals surface area contributed by atoms with E-state index < -0.39 is 40.9 Å². The molecule has 0 aliphatic carbocycles. The van der Waals surface area contributed by atoms with Crippen LogP contribution >= 0.6 is 15.9 Å². The Balaban J connectivity index is 2.10. The van der Waals surface area contributed by atoms with Gasteiger partial charge in [0, 0.05) is 13.3 Å². The minimum Gasteiger partial charge on any atom is -0.433 e. The number of nitrogens with zero attached hydrogens (tertiary/aromatic N) is 4. The van der Waals surface area contributed by atoms with Crippen LogP contribution < -0.4 is 5.73 Å². The van der Waals surface area contributed by atoms with Crippen molar-refractivity contribution in [3.63, 3.8) is 0 Å². The number of hydrogen-bond acceptors (Lipinski definition) is 12. The summed E-state index contributed by atoms with van der Waals surface area (Å²) >= 11 is 2.84. The normalized spacial score (nSPS) is 30.3. The first-order valence-electron chi connectivity index (χ1n) is 8.32. The second-order valence-corrected chi connectivity index (χ2v) is 7.40. The van der Waals surface area contributed by atoms with Crippen molar-refractivity contribution >= 4 is 44.9 Å². The van der Waals surface area contributed by atoms with Gasteiger partial charge >= 0.3 is 11.9 Å². The number of carbonyl (C=O) groups excluding carboxylic acids is 2. The number of rotatable bonds is 5. The van der Waals surface area contributed by atoms with Gasteiger partial charge in [0.25, 0.3) is 5.79 Å². The number of anilines is 1. The van der Waals surface area contributed by atoms with Crippen LogP contribution in [0.15, 0.2) is 12.7 Å². The monoisotopic (exact) mass is 475 g/mol. The van der Waals surface area contributed by atoms with Crippen LogP contribution in [-0.2, 0) is 23.8 Å². The quantitative estimate of drug-likeness (QED) is 0.232. The van der Waals surface area contributed by atoms with Crippen molar-refractivity contribution in [3.05, 3.63) is 12.7 Å². The Morgan fingerprint density at radius 1 is 1.41 bits per heavy atom. The number of nitrogen functional groups attached to an aromatic ring is 1. The molecule has 3 rings (SSSR count). The highest BCUT2D eigenvalue weighted by Gasteiger charge is 2.71. The van der Waals surface area contributed by atoms with Crippen molar-refractivity contribution in [2.75, 3.05) is 5.73 Å². The fourth-order valence-electron chi connectivity index (χ4n) is 2.87. The first-order valence-corrected chi connectivity index (χ1v) is 9.11. The topological polar surface area (TPSA) is 192 Å². The molecule has 1 fully saturated rings. The van der Waals surface area contributed by atoms with Crippen molar-refractivity contribution in [3.8, 4) is 0 Å². The van der Waals surface area contributed by atoms with E-state index in [0.717, 1.165) is 24.1 Å². The van der Waals surface area contributed by atoms with E-state index in [1.165, 1.54) is 6.92 Å². The summed E-state index contributed by atoms with van der Waals surface area (Å²) in [4.78, 5) is 35.0. The van der Waals surface area contributed by atoms with Gasteiger partial charge in [0.15, 0.2) is 17.6 Å². The predicted octanol–water partition coefficient (Wildman–Crippen LogP) is -1.09. The highest BCUT2D eigenvalue weighted by Crippen LogP contribution is 2.51. The number of fused-ring (bicyclic) bond motifs is 1. The van der Waals surface area contributed by atoms with Gasteiger partial charge in [0.1, 0.15) is 11.8 Å². The minimum absolute atomic E-state index is 0.0327. The van der Waals surface area contributed by atoms with Crippen molar-refractivity contribution in [1.82, 2.24) is 19.5 Å². The number of imidazole rings is 1. The van der Waals surface area contributed by atoms with Crippen LogP contribution in [0.2, 0.25) is 0 Å². The fourth-order valence-corrected chi connectivity index (χ4v) is 3.48. The summed E-state index contributed by atoms with van der Waals surface area (Å²) in [7, 11) is 0. The first-order chi connectivity index (χ1) is 13.5. The number of alkyl halides is 1. The van der Waals surface area contributed by atoms with Crippen LogP contribution in [-0.4, -0.2) is 69.5 Å². The van der Waals surface area contributed by atoms with Crippen LogP contribution in [0.4, 0.5) is 5.82 Å². The minimum atomic E-state index is -2.80. The second kappa shape index (κ2) is 7.46. The highest BCUT2D eigenvalue weighted by atomic mass is 79.9. The molecule has 3 heterocycles. The number of nitrogens with two attached hydrogens (primary N) is 1. The molecular weight excluding hydrogens is 458 g/mol.